The summed E-state index contributed by atoms with van der Waals surface area (Å²) >= 11 is 10.4. The van der Waals surface area contributed by atoms with E-state index in [4.69, 9.17) is 16.7 Å². The van der Waals surface area contributed by atoms with E-state index in [2.05, 4.69) is 15.9 Å². The first-order valence-electron chi connectivity index (χ1n) is 4.36. The van der Waals surface area contributed by atoms with Gasteiger partial charge in [-0.1, -0.05) is 39.7 Å². The number of carboxylic acids is 1. The molecule has 2 aromatic rings. The number of carboxylic acid groups (broad SMARTS) is 1. The lowest BCUT2D eigenvalue weighted by Gasteiger charge is -2.01. The lowest BCUT2D eigenvalue weighted by atomic mass is 10.1. The molecular weight excluding hydrogens is 312 g/mol. The lowest BCUT2D eigenvalue weighted by molar-refractivity contribution is 0.0698. The van der Waals surface area contributed by atoms with Crippen molar-refractivity contribution < 1.29 is 9.90 Å². The van der Waals surface area contributed by atoms with Crippen LogP contribution in [0.15, 0.2) is 34.1 Å². The van der Waals surface area contributed by atoms with Gasteiger partial charge >= 0.3 is 5.97 Å². The van der Waals surface area contributed by atoms with E-state index < -0.39 is 5.97 Å². The van der Waals surface area contributed by atoms with Crippen molar-refractivity contribution >= 4 is 44.8 Å². The van der Waals surface area contributed by atoms with Gasteiger partial charge in [0.2, 0.25) is 0 Å². The number of halogens is 2. The van der Waals surface area contributed by atoms with Gasteiger partial charge in [0.05, 0.1) is 5.56 Å². The summed E-state index contributed by atoms with van der Waals surface area (Å²) in [6.07, 6.45) is 0. The molecule has 0 radical (unpaired) electrons. The second-order valence-electron chi connectivity index (χ2n) is 3.11. The average molecular weight is 318 g/mol. The molecule has 1 heterocycles. The van der Waals surface area contributed by atoms with Crippen LogP contribution < -0.4 is 0 Å². The summed E-state index contributed by atoms with van der Waals surface area (Å²) in [4.78, 5) is 11.1. The zero-order chi connectivity index (χ0) is 11.7. The standard InChI is InChI=1S/C11H6BrClO2S/c12-7-3-1-2-6(4-7)8-5-16-10(13)9(8)11(14)15/h1-5H,(H,14,15). The fourth-order valence-corrected chi connectivity index (χ4v) is 2.91. The number of aromatic carboxylic acids is 1. The molecule has 0 bridgehead atoms. The molecule has 16 heavy (non-hydrogen) atoms. The van der Waals surface area contributed by atoms with Crippen LogP contribution in [-0.4, -0.2) is 11.1 Å². The van der Waals surface area contributed by atoms with Crippen molar-refractivity contribution in [2.45, 2.75) is 0 Å². The third-order valence-corrected chi connectivity index (χ3v) is 3.81. The van der Waals surface area contributed by atoms with Crippen LogP contribution in [0.5, 0.6) is 0 Å². The van der Waals surface area contributed by atoms with Gasteiger partial charge in [0.1, 0.15) is 4.34 Å². The normalized spacial score (nSPS) is 10.4. The van der Waals surface area contributed by atoms with Crippen molar-refractivity contribution in [3.05, 3.63) is 44.0 Å². The monoisotopic (exact) mass is 316 g/mol. The molecule has 2 nitrogen and oxygen atoms in total. The van der Waals surface area contributed by atoms with Crippen molar-refractivity contribution in [1.82, 2.24) is 0 Å². The van der Waals surface area contributed by atoms with Crippen molar-refractivity contribution in [3.63, 3.8) is 0 Å². The summed E-state index contributed by atoms with van der Waals surface area (Å²) in [5.74, 6) is -0.999. The fraction of sp³-hybridized carbons (Fsp3) is 0. The highest BCUT2D eigenvalue weighted by Gasteiger charge is 2.18. The highest BCUT2D eigenvalue weighted by molar-refractivity contribution is 9.10. The van der Waals surface area contributed by atoms with E-state index >= 15 is 0 Å². The van der Waals surface area contributed by atoms with Crippen molar-refractivity contribution in [2.24, 2.45) is 0 Å². The van der Waals surface area contributed by atoms with Gasteiger partial charge in [-0.3, -0.25) is 0 Å². The van der Waals surface area contributed by atoms with Crippen LogP contribution in [0.1, 0.15) is 10.4 Å². The predicted octanol–water partition coefficient (Wildman–Crippen LogP) is 4.53. The van der Waals surface area contributed by atoms with Gasteiger partial charge in [0, 0.05) is 15.4 Å². The summed E-state index contributed by atoms with van der Waals surface area (Å²) in [6, 6.07) is 7.47. The zero-order valence-electron chi connectivity index (χ0n) is 7.91. The lowest BCUT2D eigenvalue weighted by Crippen LogP contribution is -1.96. The largest absolute Gasteiger partial charge is 0.478 e. The van der Waals surface area contributed by atoms with E-state index in [0.29, 0.717) is 9.90 Å². The maximum atomic E-state index is 11.1. The maximum Gasteiger partial charge on any atom is 0.338 e. The first-order chi connectivity index (χ1) is 7.59. The van der Waals surface area contributed by atoms with E-state index in [0.717, 1.165) is 10.0 Å². The molecule has 0 saturated carbocycles. The van der Waals surface area contributed by atoms with Gasteiger partial charge < -0.3 is 5.11 Å². The number of carbonyl (C=O) groups is 1. The number of rotatable bonds is 2. The van der Waals surface area contributed by atoms with Gasteiger partial charge in [0.25, 0.3) is 0 Å². The van der Waals surface area contributed by atoms with Crippen LogP contribution in [0.25, 0.3) is 11.1 Å². The second kappa shape index (κ2) is 4.57. The van der Waals surface area contributed by atoms with Crippen LogP contribution in [0, 0.1) is 0 Å². The third kappa shape index (κ3) is 2.14. The Bertz CT molecular complexity index is 551. The molecule has 0 unspecified atom stereocenters. The van der Waals surface area contributed by atoms with Crippen LogP contribution in [0.4, 0.5) is 0 Å². The Hall–Kier alpha value is -0.840. The summed E-state index contributed by atoms with van der Waals surface area (Å²) in [5.41, 5.74) is 1.67. The van der Waals surface area contributed by atoms with Gasteiger partial charge in [-0.25, -0.2) is 4.79 Å². The van der Waals surface area contributed by atoms with Crippen molar-refractivity contribution in [3.8, 4) is 11.1 Å². The Morgan fingerprint density at radius 2 is 2.19 bits per heavy atom. The van der Waals surface area contributed by atoms with Crippen LogP contribution >= 0.6 is 38.9 Å². The fourth-order valence-electron chi connectivity index (χ4n) is 1.40. The smallest absolute Gasteiger partial charge is 0.338 e. The highest BCUT2D eigenvalue weighted by atomic mass is 79.9. The summed E-state index contributed by atoms with van der Waals surface area (Å²) in [5, 5.41) is 10.8. The quantitative estimate of drug-likeness (QED) is 0.883. The van der Waals surface area contributed by atoms with Gasteiger partial charge in [-0.05, 0) is 17.7 Å². The Morgan fingerprint density at radius 1 is 1.44 bits per heavy atom. The highest BCUT2D eigenvalue weighted by Crippen LogP contribution is 2.35. The zero-order valence-corrected chi connectivity index (χ0v) is 11.1. The molecule has 2 rings (SSSR count). The molecular formula is C11H6BrClO2S. The van der Waals surface area contributed by atoms with E-state index in [9.17, 15) is 4.79 Å². The summed E-state index contributed by atoms with van der Waals surface area (Å²) in [7, 11) is 0. The topological polar surface area (TPSA) is 37.3 Å². The maximum absolute atomic E-state index is 11.1. The molecule has 0 saturated heterocycles. The van der Waals surface area contributed by atoms with Crippen LogP contribution in [-0.2, 0) is 0 Å². The molecule has 0 amide bonds. The minimum atomic E-state index is -0.999. The summed E-state index contributed by atoms with van der Waals surface area (Å²) < 4.78 is 1.21. The molecule has 0 aliphatic heterocycles. The predicted molar refractivity (Wildman–Crippen MR) is 69.4 cm³/mol. The Labute approximate surface area is 110 Å². The molecule has 1 N–H and O–H groups in total. The minimum Gasteiger partial charge on any atom is -0.478 e. The van der Waals surface area contributed by atoms with E-state index in [1.54, 1.807) is 5.38 Å². The van der Waals surface area contributed by atoms with E-state index in [1.807, 2.05) is 24.3 Å². The molecule has 1 aromatic heterocycles. The molecule has 0 aliphatic rings. The third-order valence-electron chi connectivity index (χ3n) is 2.10. The molecule has 1 aromatic carbocycles. The number of hydrogen-bond acceptors (Lipinski definition) is 2. The SMILES string of the molecule is O=C(O)c1c(-c2cccc(Br)c2)csc1Cl. The van der Waals surface area contributed by atoms with E-state index in [1.165, 1.54) is 11.3 Å². The Balaban J connectivity index is 2.60. The Kier molecular flexibility index (Phi) is 3.33. The average Bonchev–Trinajstić information content (AvgIpc) is 2.60. The number of benzene rings is 1. The van der Waals surface area contributed by atoms with Crippen molar-refractivity contribution in [1.29, 1.82) is 0 Å². The van der Waals surface area contributed by atoms with Gasteiger partial charge in [0.15, 0.2) is 0 Å². The number of hydrogen-bond donors (Lipinski definition) is 1. The molecule has 5 heteroatoms. The molecule has 0 atom stereocenters. The summed E-state index contributed by atoms with van der Waals surface area (Å²) in [6.45, 7) is 0. The molecule has 0 spiro atoms. The molecule has 0 aliphatic carbocycles. The minimum absolute atomic E-state index is 0.171. The number of thiophene rings is 1. The first kappa shape index (κ1) is 11.6. The first-order valence-corrected chi connectivity index (χ1v) is 6.41. The Morgan fingerprint density at radius 3 is 2.81 bits per heavy atom. The molecule has 82 valence electrons. The molecule has 0 fully saturated rings. The van der Waals surface area contributed by atoms with Gasteiger partial charge in [-0.15, -0.1) is 11.3 Å². The second-order valence-corrected chi connectivity index (χ2v) is 5.51. The van der Waals surface area contributed by atoms with Crippen LogP contribution in [0.3, 0.4) is 0 Å². The van der Waals surface area contributed by atoms with Gasteiger partial charge in [-0.2, -0.15) is 0 Å². The van der Waals surface area contributed by atoms with Crippen molar-refractivity contribution in [2.75, 3.05) is 0 Å². The van der Waals surface area contributed by atoms with Crippen LogP contribution in [0.2, 0.25) is 4.34 Å². The van der Waals surface area contributed by atoms with E-state index in [-0.39, 0.29) is 5.56 Å².